The Labute approximate surface area is 211 Å². The van der Waals surface area contributed by atoms with Crippen molar-refractivity contribution in [2.75, 3.05) is 26.7 Å². The molecule has 0 spiro atoms. The van der Waals surface area contributed by atoms with E-state index in [2.05, 4.69) is 10.3 Å². The van der Waals surface area contributed by atoms with Gasteiger partial charge in [0.2, 0.25) is 5.91 Å². The Kier molecular flexibility index (Phi) is 8.05. The Morgan fingerprint density at radius 1 is 1.33 bits per heavy atom. The van der Waals surface area contributed by atoms with Crippen LogP contribution in [0.5, 0.6) is 0 Å². The zero-order chi connectivity index (χ0) is 25.8. The van der Waals surface area contributed by atoms with Crippen molar-refractivity contribution in [2.45, 2.75) is 52.0 Å². The number of carbonyl (C=O) groups is 2. The van der Waals surface area contributed by atoms with E-state index in [1.54, 1.807) is 27.7 Å². The molecule has 3 atom stereocenters. The summed E-state index contributed by atoms with van der Waals surface area (Å²) in [7, 11) is 3.73. The summed E-state index contributed by atoms with van der Waals surface area (Å²) < 4.78 is 10.1. The van der Waals surface area contributed by atoms with Gasteiger partial charge in [0, 0.05) is 63.3 Å². The summed E-state index contributed by atoms with van der Waals surface area (Å²) in [6.07, 6.45) is 4.30. The lowest BCUT2D eigenvalue weighted by atomic mass is 10.0. The van der Waals surface area contributed by atoms with Crippen LogP contribution in [-0.2, 0) is 29.7 Å². The fourth-order valence-electron chi connectivity index (χ4n) is 4.71. The van der Waals surface area contributed by atoms with Crippen molar-refractivity contribution >= 4 is 22.7 Å². The van der Waals surface area contributed by atoms with Gasteiger partial charge in [-0.25, -0.2) is 4.68 Å². The summed E-state index contributed by atoms with van der Waals surface area (Å²) in [5, 5.41) is 19.0. The number of ether oxygens (including phenoxy) is 1. The van der Waals surface area contributed by atoms with E-state index in [4.69, 9.17) is 4.74 Å². The molecule has 10 heteroatoms. The van der Waals surface area contributed by atoms with Crippen LogP contribution in [0.15, 0.2) is 36.7 Å². The highest BCUT2D eigenvalue weighted by atomic mass is 16.5. The Bertz CT molecular complexity index is 1200. The number of aliphatic hydroxyl groups excluding tert-OH is 1. The predicted octanol–water partition coefficient (Wildman–Crippen LogP) is 2.07. The molecule has 1 aromatic carbocycles. The average Bonchev–Trinajstić information content (AvgIpc) is 3.48. The highest BCUT2D eigenvalue weighted by Gasteiger charge is 2.29. The highest BCUT2D eigenvalue weighted by molar-refractivity contribution is 5.98. The fraction of sp³-hybridized carbons (Fsp3) is 0.538. The third-order valence-corrected chi connectivity index (χ3v) is 7.08. The Morgan fingerprint density at radius 3 is 2.92 bits per heavy atom. The minimum absolute atomic E-state index is 0.00955. The van der Waals surface area contributed by atoms with Crippen LogP contribution < -0.4 is 0 Å². The maximum atomic E-state index is 13.3. The van der Waals surface area contributed by atoms with Gasteiger partial charge in [0.1, 0.15) is 0 Å². The number of likely N-dealkylation sites (N-methyl/N-ethyl adjacent to an activating group) is 1. The lowest BCUT2D eigenvalue weighted by Gasteiger charge is -2.35. The van der Waals surface area contributed by atoms with Crippen LogP contribution in [0.3, 0.4) is 0 Å². The van der Waals surface area contributed by atoms with Gasteiger partial charge in [0.15, 0.2) is 0 Å². The van der Waals surface area contributed by atoms with Crippen molar-refractivity contribution in [1.29, 1.82) is 0 Å². The van der Waals surface area contributed by atoms with Gasteiger partial charge in [-0.1, -0.05) is 18.2 Å². The van der Waals surface area contributed by atoms with Crippen molar-refractivity contribution in [2.24, 2.45) is 13.0 Å². The standard InChI is InChI=1S/C26H36N6O4/c1-18-14-31(19(2)16-33)25(34)6-5-10-32-22(13-27-28-32)17-36-24(18)15-30(4)26(35)21-8-7-20-9-11-29(3)23(20)12-21/h7-9,11-13,18-19,24,33H,5-6,10,14-17H2,1-4H3/t18-,19-,24-/m1/s1. The van der Waals surface area contributed by atoms with Crippen molar-refractivity contribution in [1.82, 2.24) is 29.4 Å². The van der Waals surface area contributed by atoms with Crippen LogP contribution >= 0.6 is 0 Å². The highest BCUT2D eigenvalue weighted by Crippen LogP contribution is 2.21. The zero-order valence-corrected chi connectivity index (χ0v) is 21.5. The minimum atomic E-state index is -0.346. The number of benzene rings is 1. The van der Waals surface area contributed by atoms with E-state index in [0.717, 1.165) is 16.6 Å². The molecule has 2 aromatic heterocycles. The molecule has 36 heavy (non-hydrogen) atoms. The van der Waals surface area contributed by atoms with Gasteiger partial charge in [-0.05, 0) is 36.9 Å². The van der Waals surface area contributed by atoms with E-state index in [9.17, 15) is 14.7 Å². The molecule has 0 radical (unpaired) electrons. The number of nitrogens with zero attached hydrogens (tertiary/aromatic N) is 6. The van der Waals surface area contributed by atoms with E-state index in [-0.39, 0.29) is 36.5 Å². The first kappa shape index (κ1) is 25.8. The zero-order valence-electron chi connectivity index (χ0n) is 21.5. The number of carbonyl (C=O) groups excluding carboxylic acids is 2. The van der Waals surface area contributed by atoms with Crippen LogP contribution in [0.2, 0.25) is 0 Å². The van der Waals surface area contributed by atoms with Gasteiger partial charge >= 0.3 is 0 Å². The molecule has 0 saturated heterocycles. The lowest BCUT2D eigenvalue weighted by molar-refractivity contribution is -0.136. The number of fused-ring (bicyclic) bond motifs is 2. The molecule has 3 heterocycles. The molecule has 194 valence electrons. The Morgan fingerprint density at radius 2 is 2.14 bits per heavy atom. The normalized spacial score (nSPS) is 20.5. The second-order valence-electron chi connectivity index (χ2n) is 9.84. The van der Waals surface area contributed by atoms with Gasteiger partial charge in [0.05, 0.1) is 37.3 Å². The molecule has 0 unspecified atom stereocenters. The summed E-state index contributed by atoms with van der Waals surface area (Å²) in [5.74, 6) is -0.189. The van der Waals surface area contributed by atoms with Crippen LogP contribution in [0.4, 0.5) is 0 Å². The van der Waals surface area contributed by atoms with E-state index in [0.29, 0.717) is 44.6 Å². The topological polar surface area (TPSA) is 106 Å². The Hall–Kier alpha value is -3.24. The molecule has 1 aliphatic heterocycles. The van der Waals surface area contributed by atoms with Crippen LogP contribution in [-0.4, -0.2) is 85.2 Å². The van der Waals surface area contributed by atoms with Gasteiger partial charge in [-0.15, -0.1) is 5.10 Å². The third kappa shape index (κ3) is 5.60. The summed E-state index contributed by atoms with van der Waals surface area (Å²) >= 11 is 0. The molecule has 4 rings (SSSR count). The van der Waals surface area contributed by atoms with Gasteiger partial charge in [-0.2, -0.15) is 0 Å². The number of rotatable bonds is 5. The summed E-state index contributed by atoms with van der Waals surface area (Å²) in [6.45, 7) is 5.40. The van der Waals surface area contributed by atoms with Crippen LogP contribution in [0, 0.1) is 5.92 Å². The summed E-state index contributed by atoms with van der Waals surface area (Å²) in [5.41, 5.74) is 2.45. The third-order valence-electron chi connectivity index (χ3n) is 7.08. The largest absolute Gasteiger partial charge is 0.394 e. The molecular weight excluding hydrogens is 460 g/mol. The molecule has 0 aliphatic carbocycles. The second kappa shape index (κ2) is 11.2. The van der Waals surface area contributed by atoms with Gasteiger partial charge in [-0.3, -0.25) is 9.59 Å². The monoisotopic (exact) mass is 496 g/mol. The molecule has 3 aromatic rings. The van der Waals surface area contributed by atoms with Crippen molar-refractivity contribution in [3.8, 4) is 0 Å². The molecule has 0 saturated carbocycles. The Balaban J connectivity index is 1.56. The minimum Gasteiger partial charge on any atom is -0.394 e. The molecule has 1 N–H and O–H groups in total. The number of aliphatic hydroxyl groups is 1. The average molecular weight is 497 g/mol. The fourth-order valence-corrected chi connectivity index (χ4v) is 4.71. The number of aryl methyl sites for hydroxylation is 2. The van der Waals surface area contributed by atoms with Crippen molar-refractivity contribution < 1.29 is 19.4 Å². The molecule has 0 bridgehead atoms. The van der Waals surface area contributed by atoms with E-state index >= 15 is 0 Å². The van der Waals surface area contributed by atoms with E-state index in [1.807, 2.05) is 55.9 Å². The molecule has 2 amide bonds. The summed E-state index contributed by atoms with van der Waals surface area (Å²) in [6, 6.07) is 7.43. The first-order valence-electron chi connectivity index (χ1n) is 12.5. The van der Waals surface area contributed by atoms with Crippen LogP contribution in [0.1, 0.15) is 42.7 Å². The molecular formula is C26H36N6O4. The van der Waals surface area contributed by atoms with E-state index in [1.165, 1.54) is 0 Å². The van der Waals surface area contributed by atoms with Crippen molar-refractivity contribution in [3.63, 3.8) is 0 Å². The van der Waals surface area contributed by atoms with Crippen LogP contribution in [0.25, 0.3) is 10.9 Å². The number of hydrogen-bond donors (Lipinski definition) is 1. The molecule has 10 nitrogen and oxygen atoms in total. The van der Waals surface area contributed by atoms with Gasteiger partial charge in [0.25, 0.3) is 5.91 Å². The summed E-state index contributed by atoms with van der Waals surface area (Å²) in [4.78, 5) is 29.8. The van der Waals surface area contributed by atoms with Crippen molar-refractivity contribution in [3.05, 3.63) is 47.9 Å². The lowest BCUT2D eigenvalue weighted by Crippen LogP contribution is -2.48. The first-order valence-corrected chi connectivity index (χ1v) is 12.5. The quantitative estimate of drug-likeness (QED) is 0.580. The van der Waals surface area contributed by atoms with Gasteiger partial charge < -0.3 is 24.2 Å². The maximum Gasteiger partial charge on any atom is 0.253 e. The molecule has 1 aliphatic rings. The molecule has 0 fully saturated rings. The number of aromatic nitrogens is 4. The smallest absolute Gasteiger partial charge is 0.253 e. The van der Waals surface area contributed by atoms with E-state index < -0.39 is 0 Å². The second-order valence-corrected chi connectivity index (χ2v) is 9.84. The maximum absolute atomic E-state index is 13.3. The number of hydrogen-bond acceptors (Lipinski definition) is 6. The predicted molar refractivity (Wildman–Crippen MR) is 135 cm³/mol. The number of amides is 2. The SMILES string of the molecule is C[C@@H]1CN([C@H](C)CO)C(=O)CCCn2nncc2CO[C@@H]1CN(C)C(=O)c1ccc2ccn(C)c2c1. The first-order chi connectivity index (χ1) is 17.3.